The normalized spacial score (nSPS) is 10.3. The van der Waals surface area contributed by atoms with Gasteiger partial charge in [-0.2, -0.15) is 0 Å². The predicted octanol–water partition coefficient (Wildman–Crippen LogP) is 2.79. The molecule has 0 saturated heterocycles. The number of nitro groups is 2. The van der Waals surface area contributed by atoms with Gasteiger partial charge >= 0.3 is 0 Å². The van der Waals surface area contributed by atoms with E-state index in [4.69, 9.17) is 0 Å². The van der Waals surface area contributed by atoms with Crippen molar-refractivity contribution in [3.63, 3.8) is 0 Å². The van der Waals surface area contributed by atoms with Crippen LogP contribution in [0.15, 0.2) is 48.5 Å². The van der Waals surface area contributed by atoms with Crippen molar-refractivity contribution in [3.05, 3.63) is 79.9 Å². The Morgan fingerprint density at radius 2 is 1.14 bits per heavy atom. The zero-order valence-electron chi connectivity index (χ0n) is 11.1. The first kappa shape index (κ1) is 14.6. The first-order valence-electron chi connectivity index (χ1n) is 6.25. The molecule has 7 nitrogen and oxygen atoms in total. The van der Waals surface area contributed by atoms with Crippen LogP contribution in [0.3, 0.4) is 0 Å². The lowest BCUT2D eigenvalue weighted by molar-refractivity contribution is -0.385. The fraction of sp³-hybridized carbons (Fsp3) is 0.143. The van der Waals surface area contributed by atoms with Crippen LogP contribution in [0.5, 0.6) is 0 Å². The number of nitrogens with one attached hydrogen (secondary N) is 1. The topological polar surface area (TPSA) is 98.3 Å². The summed E-state index contributed by atoms with van der Waals surface area (Å²) in [7, 11) is 0. The van der Waals surface area contributed by atoms with E-state index < -0.39 is 9.85 Å². The van der Waals surface area contributed by atoms with Gasteiger partial charge in [0.2, 0.25) is 0 Å². The van der Waals surface area contributed by atoms with E-state index in [0.29, 0.717) is 11.1 Å². The zero-order valence-corrected chi connectivity index (χ0v) is 11.1. The third-order valence-corrected chi connectivity index (χ3v) is 3.01. The second-order valence-corrected chi connectivity index (χ2v) is 4.38. The highest BCUT2D eigenvalue weighted by Crippen LogP contribution is 2.19. The van der Waals surface area contributed by atoms with Gasteiger partial charge in [-0.3, -0.25) is 20.2 Å². The van der Waals surface area contributed by atoms with Crippen LogP contribution in [0.25, 0.3) is 0 Å². The van der Waals surface area contributed by atoms with E-state index in [2.05, 4.69) is 5.32 Å². The molecule has 0 saturated carbocycles. The van der Waals surface area contributed by atoms with Crippen molar-refractivity contribution < 1.29 is 9.85 Å². The van der Waals surface area contributed by atoms with Crippen LogP contribution < -0.4 is 5.32 Å². The summed E-state index contributed by atoms with van der Waals surface area (Å²) in [4.78, 5) is 20.9. The molecule has 2 rings (SSSR count). The third-order valence-electron chi connectivity index (χ3n) is 3.01. The highest BCUT2D eigenvalue weighted by atomic mass is 16.6. The summed E-state index contributed by atoms with van der Waals surface area (Å²) in [6.45, 7) is 0.534. The van der Waals surface area contributed by atoms with Crippen LogP contribution in [-0.4, -0.2) is 9.85 Å². The van der Waals surface area contributed by atoms with E-state index in [9.17, 15) is 20.2 Å². The van der Waals surface area contributed by atoms with Gasteiger partial charge in [-0.1, -0.05) is 36.4 Å². The number of para-hydroxylation sites is 2. The molecule has 0 aromatic heterocycles. The summed E-state index contributed by atoms with van der Waals surface area (Å²) in [5.74, 6) is 0. The number of hydrogen-bond donors (Lipinski definition) is 1. The van der Waals surface area contributed by atoms with Gasteiger partial charge in [-0.25, -0.2) is 0 Å². The molecule has 0 aliphatic carbocycles. The van der Waals surface area contributed by atoms with Crippen molar-refractivity contribution in [2.45, 2.75) is 13.1 Å². The summed E-state index contributed by atoms with van der Waals surface area (Å²) in [5, 5.41) is 24.8. The quantitative estimate of drug-likeness (QED) is 0.650. The standard InChI is InChI=1S/C14H13N3O4/c18-16(19)13-7-3-1-5-11(13)9-15-10-12-6-2-4-8-14(12)17(20)21/h1-8,15H,9-10H2. The molecule has 1 N–H and O–H groups in total. The van der Waals surface area contributed by atoms with Crippen molar-refractivity contribution in [3.8, 4) is 0 Å². The van der Waals surface area contributed by atoms with Crippen molar-refractivity contribution in [1.82, 2.24) is 5.32 Å². The molecular weight excluding hydrogens is 274 g/mol. The van der Waals surface area contributed by atoms with Crippen LogP contribution in [0, 0.1) is 20.2 Å². The summed E-state index contributed by atoms with van der Waals surface area (Å²) >= 11 is 0. The minimum Gasteiger partial charge on any atom is -0.308 e. The van der Waals surface area contributed by atoms with E-state index in [0.717, 1.165) is 0 Å². The molecule has 0 amide bonds. The minimum absolute atomic E-state index is 0.0348. The number of benzene rings is 2. The van der Waals surface area contributed by atoms with E-state index >= 15 is 0 Å². The monoisotopic (exact) mass is 287 g/mol. The van der Waals surface area contributed by atoms with Gasteiger partial charge in [0.25, 0.3) is 11.4 Å². The van der Waals surface area contributed by atoms with Crippen LogP contribution in [0.1, 0.15) is 11.1 Å². The minimum atomic E-state index is -0.442. The molecule has 0 spiro atoms. The zero-order chi connectivity index (χ0) is 15.2. The first-order chi connectivity index (χ1) is 10.1. The molecule has 0 atom stereocenters. The maximum atomic E-state index is 10.9. The number of hydrogen-bond acceptors (Lipinski definition) is 5. The van der Waals surface area contributed by atoms with Gasteiger partial charge < -0.3 is 5.32 Å². The van der Waals surface area contributed by atoms with Gasteiger partial charge in [0.1, 0.15) is 0 Å². The smallest absolute Gasteiger partial charge is 0.273 e. The van der Waals surface area contributed by atoms with Crippen molar-refractivity contribution in [2.75, 3.05) is 0 Å². The summed E-state index contributed by atoms with van der Waals surface area (Å²) in [6, 6.07) is 12.8. The van der Waals surface area contributed by atoms with Crippen LogP contribution >= 0.6 is 0 Å². The van der Waals surface area contributed by atoms with Crippen LogP contribution in [0.2, 0.25) is 0 Å². The summed E-state index contributed by atoms with van der Waals surface area (Å²) in [6.07, 6.45) is 0. The molecule has 0 aliphatic heterocycles. The Kier molecular flexibility index (Phi) is 4.57. The van der Waals surface area contributed by atoms with Gasteiger partial charge in [0.15, 0.2) is 0 Å². The molecule has 7 heteroatoms. The van der Waals surface area contributed by atoms with Crippen molar-refractivity contribution in [2.24, 2.45) is 0 Å². The molecule has 2 aromatic carbocycles. The van der Waals surface area contributed by atoms with Crippen LogP contribution in [0.4, 0.5) is 11.4 Å². The second kappa shape index (κ2) is 6.58. The Balaban J connectivity index is 2.06. The SMILES string of the molecule is O=[N+]([O-])c1ccccc1CNCc1ccccc1[N+](=O)[O-]. The molecule has 21 heavy (non-hydrogen) atoms. The van der Waals surface area contributed by atoms with E-state index in [-0.39, 0.29) is 24.5 Å². The average molecular weight is 287 g/mol. The molecular formula is C14H13N3O4. The van der Waals surface area contributed by atoms with Gasteiger partial charge in [0, 0.05) is 36.3 Å². The van der Waals surface area contributed by atoms with E-state index in [1.807, 2.05) is 0 Å². The summed E-state index contributed by atoms with van der Waals surface area (Å²) < 4.78 is 0. The van der Waals surface area contributed by atoms with Gasteiger partial charge in [-0.05, 0) is 0 Å². The Hall–Kier alpha value is -2.80. The highest BCUT2D eigenvalue weighted by Gasteiger charge is 2.14. The fourth-order valence-electron chi connectivity index (χ4n) is 2.01. The van der Waals surface area contributed by atoms with E-state index in [1.165, 1.54) is 12.1 Å². The molecule has 0 fully saturated rings. The second-order valence-electron chi connectivity index (χ2n) is 4.38. The summed E-state index contributed by atoms with van der Waals surface area (Å²) in [5.41, 5.74) is 1.15. The lowest BCUT2D eigenvalue weighted by Gasteiger charge is -2.06. The molecule has 108 valence electrons. The van der Waals surface area contributed by atoms with Crippen molar-refractivity contribution >= 4 is 11.4 Å². The van der Waals surface area contributed by atoms with Crippen LogP contribution in [-0.2, 0) is 13.1 Å². The lowest BCUT2D eigenvalue weighted by atomic mass is 10.1. The first-order valence-corrected chi connectivity index (χ1v) is 6.25. The Bertz CT molecular complexity index is 615. The molecule has 0 heterocycles. The number of nitro benzene ring substituents is 2. The van der Waals surface area contributed by atoms with Crippen molar-refractivity contribution in [1.29, 1.82) is 0 Å². The maximum Gasteiger partial charge on any atom is 0.273 e. The number of rotatable bonds is 6. The van der Waals surface area contributed by atoms with Gasteiger partial charge in [0.05, 0.1) is 9.85 Å². The lowest BCUT2D eigenvalue weighted by Crippen LogP contribution is -2.14. The average Bonchev–Trinajstić information content (AvgIpc) is 2.48. The molecule has 0 radical (unpaired) electrons. The van der Waals surface area contributed by atoms with Gasteiger partial charge in [-0.15, -0.1) is 0 Å². The highest BCUT2D eigenvalue weighted by molar-refractivity contribution is 5.41. The third kappa shape index (κ3) is 3.61. The van der Waals surface area contributed by atoms with E-state index in [1.54, 1.807) is 36.4 Å². The molecule has 2 aromatic rings. The number of nitrogens with zero attached hydrogens (tertiary/aromatic N) is 2. The maximum absolute atomic E-state index is 10.9. The molecule has 0 aliphatic rings. The molecule has 0 unspecified atom stereocenters. The Morgan fingerprint density at radius 1 is 0.762 bits per heavy atom. The largest absolute Gasteiger partial charge is 0.308 e. The molecule has 0 bridgehead atoms. The predicted molar refractivity (Wildman–Crippen MR) is 76.7 cm³/mol. The fourth-order valence-corrected chi connectivity index (χ4v) is 2.01. The Morgan fingerprint density at radius 3 is 1.52 bits per heavy atom. The Labute approximate surface area is 120 Å².